The van der Waals surface area contributed by atoms with Crippen molar-refractivity contribution < 1.29 is 77.2 Å². The predicted molar refractivity (Wildman–Crippen MR) is 295 cm³/mol. The van der Waals surface area contributed by atoms with Gasteiger partial charge in [-0.1, -0.05) is 84.9 Å². The zero-order valence-corrected chi connectivity index (χ0v) is 44.0. The highest BCUT2D eigenvalue weighted by Crippen LogP contribution is 2.41. The molecule has 26 heteroatoms. The normalized spacial score (nSPS) is 12.6. The van der Waals surface area contributed by atoms with Crippen LogP contribution in [0.4, 0.5) is 14.4 Å². The van der Waals surface area contributed by atoms with Crippen LogP contribution in [0.15, 0.2) is 131 Å². The van der Waals surface area contributed by atoms with Crippen LogP contribution in [0.1, 0.15) is 11.1 Å². The largest absolute Gasteiger partial charge is 0.679 e. The van der Waals surface area contributed by atoms with Crippen LogP contribution in [0.5, 0.6) is 11.5 Å². The number of nitrogens with zero attached hydrogens (tertiary/aromatic N) is 7. The number of methoxy groups -OCH3 is 1. The number of halogens is 2. The fraction of sp³-hybridized carbons (Fsp3) is 0.291. The van der Waals surface area contributed by atoms with Crippen LogP contribution in [0.3, 0.4) is 0 Å². The van der Waals surface area contributed by atoms with E-state index in [1.807, 2.05) is 36.4 Å². The lowest BCUT2D eigenvalue weighted by Gasteiger charge is -2.29. The summed E-state index contributed by atoms with van der Waals surface area (Å²) in [6, 6.07) is 33.6. The highest BCUT2D eigenvalue weighted by atomic mass is 19.2. The van der Waals surface area contributed by atoms with E-state index in [0.717, 1.165) is 14.9 Å². The number of rotatable bonds is 34. The maximum atomic E-state index is 15.3. The van der Waals surface area contributed by atoms with Gasteiger partial charge in [-0.25, -0.2) is 9.98 Å². The lowest BCUT2D eigenvalue weighted by atomic mass is 10.0. The first-order valence-corrected chi connectivity index (χ1v) is 25.3. The summed E-state index contributed by atoms with van der Waals surface area (Å²) in [6.07, 6.45) is 1.82. The number of carbonyl (C=O) groups is 7. The first kappa shape index (κ1) is 61.1. The standard InChI is InChI=1S/C55H60BF2N9O14/c1-80-41-16-12-38(13-17-41)44-29-46(40-10-6-3-7-11-40)67(56(57)58)55(44)62-54-43(28-45(61-54)39-8-4-2-5-9-39)37-14-18-42(19-15-37)81-36-48(69)60-21-20-59-47(68)30-65(33-51(74)75)26-24-63(31-49(70)71)22-23-64(32-50(72)73)25-27-66(34-52(76)77)35-53(78)79/h2-19,28-29H,20-27,30-36H2,1H3,(H,59,68)(H,60,69)(H,70,71)(H,72,73)(H,74,75)(H,76,77)(H,78,79). The number of ether oxygens (including phenoxy) is 2. The monoisotopic (exact) mass is 1120 g/mol. The molecule has 6 rings (SSSR count). The van der Waals surface area contributed by atoms with Crippen molar-refractivity contribution in [2.75, 3.05) is 105 Å². The van der Waals surface area contributed by atoms with E-state index < -0.39 is 94.9 Å². The fourth-order valence-corrected chi connectivity index (χ4v) is 8.57. The molecule has 0 bridgehead atoms. The maximum absolute atomic E-state index is 15.3. The molecule has 0 fully saturated rings. The first-order chi connectivity index (χ1) is 38.8. The number of carbonyl (C=O) groups excluding carboxylic acids is 2. The van der Waals surface area contributed by atoms with Gasteiger partial charge in [0, 0.05) is 74.8 Å². The van der Waals surface area contributed by atoms with E-state index in [2.05, 4.69) is 10.6 Å². The second-order valence-electron chi connectivity index (χ2n) is 18.3. The number of benzene rings is 4. The van der Waals surface area contributed by atoms with E-state index in [1.54, 1.807) is 84.9 Å². The minimum atomic E-state index is -2.98. The molecular formula is C55H60BF2N9O14. The van der Waals surface area contributed by atoms with Gasteiger partial charge in [0.25, 0.3) is 5.91 Å². The van der Waals surface area contributed by atoms with Gasteiger partial charge in [-0.05, 0) is 53.1 Å². The highest BCUT2D eigenvalue weighted by molar-refractivity contribution is 6.43. The summed E-state index contributed by atoms with van der Waals surface area (Å²) in [4.78, 5) is 98.1. The fourth-order valence-electron chi connectivity index (χ4n) is 8.57. The molecule has 2 heterocycles. The smallest absolute Gasteiger partial charge is 0.497 e. The van der Waals surface area contributed by atoms with Gasteiger partial charge in [-0.2, -0.15) is 0 Å². The van der Waals surface area contributed by atoms with E-state index in [0.29, 0.717) is 45.0 Å². The predicted octanol–water partition coefficient (Wildman–Crippen LogP) is 3.46. The van der Waals surface area contributed by atoms with E-state index in [9.17, 15) is 48.9 Å². The van der Waals surface area contributed by atoms with Gasteiger partial charge < -0.3 is 50.1 Å². The summed E-state index contributed by atoms with van der Waals surface area (Å²) in [7, 11) is -1.45. The van der Waals surface area contributed by atoms with Crippen LogP contribution in [0.25, 0.3) is 28.0 Å². The topological polar surface area (TPSA) is 306 Å². The summed E-state index contributed by atoms with van der Waals surface area (Å²) in [5.41, 5.74) is 4.35. The zero-order valence-electron chi connectivity index (χ0n) is 44.0. The lowest BCUT2D eigenvalue weighted by Crippen LogP contribution is -2.47. The number of hydrogen-bond acceptors (Lipinski definition) is 14. The minimum Gasteiger partial charge on any atom is -0.497 e. The van der Waals surface area contributed by atoms with Crippen LogP contribution in [0, 0.1) is 0 Å². The van der Waals surface area contributed by atoms with Gasteiger partial charge in [0.1, 0.15) is 17.3 Å². The molecule has 4 aromatic carbocycles. The van der Waals surface area contributed by atoms with Gasteiger partial charge in [-0.3, -0.25) is 61.8 Å². The zero-order chi connectivity index (χ0) is 58.4. The van der Waals surface area contributed by atoms with Crippen LogP contribution in [-0.4, -0.2) is 216 Å². The molecule has 426 valence electrons. The van der Waals surface area contributed by atoms with Crippen LogP contribution >= 0.6 is 0 Å². The Kier molecular flexibility index (Phi) is 22.9. The van der Waals surface area contributed by atoms with Crippen LogP contribution in [0.2, 0.25) is 0 Å². The minimum absolute atomic E-state index is 0.0178. The van der Waals surface area contributed by atoms with Crippen LogP contribution < -0.4 is 20.1 Å². The van der Waals surface area contributed by atoms with Gasteiger partial charge in [0.05, 0.1) is 52.1 Å². The summed E-state index contributed by atoms with van der Waals surface area (Å²) < 4.78 is 42.6. The molecule has 23 nitrogen and oxygen atoms in total. The Balaban J connectivity index is 1.05. The number of aliphatic imine (C=N–C) groups is 2. The summed E-state index contributed by atoms with van der Waals surface area (Å²) in [5.74, 6) is -6.39. The number of allylic oxidation sites excluding steroid dienone is 1. The Labute approximate surface area is 464 Å². The second kappa shape index (κ2) is 30.3. The van der Waals surface area contributed by atoms with Gasteiger partial charge in [0.2, 0.25) is 5.91 Å². The molecule has 0 spiro atoms. The number of carboxylic acid groups (broad SMARTS) is 5. The Morgan fingerprint density at radius 3 is 1.49 bits per heavy atom. The Morgan fingerprint density at radius 1 is 0.556 bits per heavy atom. The number of amidine groups is 1. The average Bonchev–Trinajstić information content (AvgIpc) is 4.23. The molecule has 81 heavy (non-hydrogen) atoms. The van der Waals surface area contributed by atoms with Gasteiger partial charge in [-0.15, -0.1) is 0 Å². The molecule has 7 N–H and O–H groups in total. The number of carboxylic acids is 5. The number of nitrogens with one attached hydrogen (secondary N) is 2. The quantitative estimate of drug-likeness (QED) is 0.0229. The molecule has 1 aliphatic heterocycles. The van der Waals surface area contributed by atoms with Crippen molar-refractivity contribution in [1.29, 1.82) is 0 Å². The van der Waals surface area contributed by atoms with E-state index in [-0.39, 0.29) is 69.7 Å². The maximum Gasteiger partial charge on any atom is 0.679 e. The number of hydrogen-bond donors (Lipinski definition) is 7. The summed E-state index contributed by atoms with van der Waals surface area (Å²) in [5, 5.41) is 52.0. The Hall–Kier alpha value is -9.11. The van der Waals surface area contributed by atoms with Gasteiger partial charge in [0.15, 0.2) is 12.4 Å². The number of aliphatic carboxylic acids is 5. The molecule has 1 aliphatic rings. The molecule has 2 amide bonds. The first-order valence-electron chi connectivity index (χ1n) is 25.3. The number of amides is 2. The molecule has 5 aromatic rings. The second-order valence-corrected chi connectivity index (χ2v) is 18.3. The molecule has 0 saturated heterocycles. The van der Waals surface area contributed by atoms with E-state index in [4.69, 9.17) is 29.7 Å². The van der Waals surface area contributed by atoms with Crippen LogP contribution in [-0.2, 0) is 33.6 Å². The van der Waals surface area contributed by atoms with Crippen molar-refractivity contribution in [2.24, 2.45) is 9.98 Å². The van der Waals surface area contributed by atoms with E-state index in [1.165, 1.54) is 21.8 Å². The Morgan fingerprint density at radius 2 is 1.00 bits per heavy atom. The SMILES string of the molecule is COc1ccc(-c2cc(-c3ccccc3)n(B(F)F)c2N=C2N=C(c3ccccc3)C=C2c2ccc(OCC(=O)NCCNC(=O)CN(CCN(CCN(CCN(CC(=O)O)CC(=O)O)CC(=O)O)CC(=O)O)CC(=O)O)cc2)cc1. The molecule has 1 aromatic heterocycles. The van der Waals surface area contributed by atoms with Crippen molar-refractivity contribution >= 4 is 72.0 Å². The molecule has 0 unspecified atom stereocenters. The molecule has 0 aliphatic carbocycles. The van der Waals surface area contributed by atoms with Crippen molar-refractivity contribution in [1.82, 2.24) is 34.7 Å². The van der Waals surface area contributed by atoms with E-state index >= 15 is 8.63 Å². The third-order valence-corrected chi connectivity index (χ3v) is 12.4. The third kappa shape index (κ3) is 19.3. The molecule has 0 radical (unpaired) electrons. The summed E-state index contributed by atoms with van der Waals surface area (Å²) in [6.45, 7) is -4.18. The highest BCUT2D eigenvalue weighted by Gasteiger charge is 2.30. The van der Waals surface area contributed by atoms with Crippen molar-refractivity contribution in [3.63, 3.8) is 0 Å². The lowest BCUT2D eigenvalue weighted by molar-refractivity contribution is -0.143. The average molecular weight is 1120 g/mol. The van der Waals surface area contributed by atoms with Crippen molar-refractivity contribution in [2.45, 2.75) is 0 Å². The van der Waals surface area contributed by atoms with Crippen molar-refractivity contribution in [3.8, 4) is 33.9 Å². The number of aromatic nitrogens is 1. The third-order valence-electron chi connectivity index (χ3n) is 12.4. The summed E-state index contributed by atoms with van der Waals surface area (Å²) >= 11 is 0. The van der Waals surface area contributed by atoms with Crippen molar-refractivity contribution in [3.05, 3.63) is 132 Å². The molecule has 0 saturated carbocycles. The Bertz CT molecular complexity index is 3080. The van der Waals surface area contributed by atoms with Gasteiger partial charge >= 0.3 is 37.2 Å². The molecule has 0 atom stereocenters. The molecular weight excluding hydrogens is 1060 g/mol.